The van der Waals surface area contributed by atoms with Crippen LogP contribution in [0.2, 0.25) is 0 Å². The maximum atomic E-state index is 11.3. The molecule has 104 valence electrons. The molecular weight excluding hydrogens is 232 g/mol. The van der Waals surface area contributed by atoms with E-state index in [1.165, 1.54) is 6.42 Å². The lowest BCUT2D eigenvalue weighted by atomic mass is 10.2. The van der Waals surface area contributed by atoms with Crippen molar-refractivity contribution in [1.82, 2.24) is 0 Å². The summed E-state index contributed by atoms with van der Waals surface area (Å²) in [6.07, 6.45) is 9.06. The third-order valence-electron chi connectivity index (χ3n) is 2.74. The second-order valence-electron chi connectivity index (χ2n) is 4.35. The van der Waals surface area contributed by atoms with Crippen molar-refractivity contribution in [2.75, 3.05) is 19.8 Å². The van der Waals surface area contributed by atoms with Crippen LogP contribution in [0.1, 0.15) is 45.4 Å². The van der Waals surface area contributed by atoms with Crippen LogP contribution in [-0.2, 0) is 19.0 Å². The Bertz CT molecular complexity index is 244. The van der Waals surface area contributed by atoms with E-state index < -0.39 is 0 Å². The van der Waals surface area contributed by atoms with E-state index in [0.717, 1.165) is 32.3 Å². The molecule has 4 nitrogen and oxygen atoms in total. The van der Waals surface area contributed by atoms with Gasteiger partial charge in [0.1, 0.15) is 0 Å². The molecule has 0 bridgehead atoms. The van der Waals surface area contributed by atoms with Crippen molar-refractivity contribution < 1.29 is 19.0 Å². The average molecular weight is 256 g/mol. The topological polar surface area (TPSA) is 44.8 Å². The molecule has 0 aliphatic carbocycles. The molecule has 1 rings (SSSR count). The van der Waals surface area contributed by atoms with Gasteiger partial charge in [-0.2, -0.15) is 0 Å². The molecule has 0 aromatic heterocycles. The monoisotopic (exact) mass is 256 g/mol. The Morgan fingerprint density at radius 2 is 2.28 bits per heavy atom. The predicted molar refractivity (Wildman–Crippen MR) is 69.2 cm³/mol. The number of hydrogen-bond acceptors (Lipinski definition) is 4. The zero-order chi connectivity index (χ0) is 13.1. The van der Waals surface area contributed by atoms with Crippen molar-refractivity contribution in [2.24, 2.45) is 0 Å². The molecule has 1 aliphatic heterocycles. The maximum Gasteiger partial charge on any atom is 0.306 e. The summed E-state index contributed by atoms with van der Waals surface area (Å²) in [4.78, 5) is 11.3. The summed E-state index contributed by atoms with van der Waals surface area (Å²) in [5, 5.41) is 0. The van der Waals surface area contributed by atoms with Gasteiger partial charge in [-0.15, -0.1) is 0 Å². The smallest absolute Gasteiger partial charge is 0.306 e. The SMILES string of the molecule is CC=CCCC(=O)OCCCOC1CCCCO1. The highest BCUT2D eigenvalue weighted by Crippen LogP contribution is 2.13. The van der Waals surface area contributed by atoms with Gasteiger partial charge in [0.25, 0.3) is 0 Å². The number of hydrogen-bond donors (Lipinski definition) is 0. The summed E-state index contributed by atoms with van der Waals surface area (Å²) < 4.78 is 16.1. The van der Waals surface area contributed by atoms with Gasteiger partial charge in [0, 0.05) is 19.4 Å². The Kier molecular flexibility index (Phi) is 8.51. The van der Waals surface area contributed by atoms with Gasteiger partial charge in [0.2, 0.25) is 0 Å². The first-order valence-corrected chi connectivity index (χ1v) is 6.83. The minimum Gasteiger partial charge on any atom is -0.466 e. The van der Waals surface area contributed by atoms with E-state index in [1.54, 1.807) is 0 Å². The summed E-state index contributed by atoms with van der Waals surface area (Å²) in [5.74, 6) is -0.137. The molecule has 0 N–H and O–H groups in total. The average Bonchev–Trinajstić information content (AvgIpc) is 2.40. The number of ether oxygens (including phenoxy) is 3. The summed E-state index contributed by atoms with van der Waals surface area (Å²) in [6, 6.07) is 0. The van der Waals surface area contributed by atoms with Crippen molar-refractivity contribution in [1.29, 1.82) is 0 Å². The Hall–Kier alpha value is -0.870. The first-order valence-electron chi connectivity index (χ1n) is 6.83. The van der Waals surface area contributed by atoms with Crippen molar-refractivity contribution >= 4 is 5.97 Å². The molecule has 1 saturated heterocycles. The largest absolute Gasteiger partial charge is 0.466 e. The fourth-order valence-corrected chi connectivity index (χ4v) is 1.74. The fourth-order valence-electron chi connectivity index (χ4n) is 1.74. The minimum absolute atomic E-state index is 0.0517. The summed E-state index contributed by atoms with van der Waals surface area (Å²) >= 11 is 0. The van der Waals surface area contributed by atoms with Crippen LogP contribution in [0.25, 0.3) is 0 Å². The molecule has 18 heavy (non-hydrogen) atoms. The van der Waals surface area contributed by atoms with Crippen LogP contribution in [0.4, 0.5) is 0 Å². The van der Waals surface area contributed by atoms with Crippen LogP contribution in [0.5, 0.6) is 0 Å². The molecule has 0 saturated carbocycles. The lowest BCUT2D eigenvalue weighted by Gasteiger charge is -2.22. The first-order chi connectivity index (χ1) is 8.83. The van der Waals surface area contributed by atoms with E-state index in [1.807, 2.05) is 19.1 Å². The molecule has 4 heteroatoms. The van der Waals surface area contributed by atoms with Crippen LogP contribution >= 0.6 is 0 Å². The van der Waals surface area contributed by atoms with E-state index in [4.69, 9.17) is 14.2 Å². The van der Waals surface area contributed by atoms with Crippen LogP contribution in [0, 0.1) is 0 Å². The van der Waals surface area contributed by atoms with Crippen molar-refractivity contribution in [2.45, 2.75) is 51.7 Å². The molecule has 1 atom stereocenters. The van der Waals surface area contributed by atoms with Gasteiger partial charge >= 0.3 is 5.97 Å². The number of carbonyl (C=O) groups is 1. The molecule has 0 aromatic carbocycles. The number of esters is 1. The molecule has 1 fully saturated rings. The number of allylic oxidation sites excluding steroid dienone is 2. The van der Waals surface area contributed by atoms with E-state index in [9.17, 15) is 4.79 Å². The Morgan fingerprint density at radius 1 is 1.39 bits per heavy atom. The molecule has 1 aliphatic rings. The molecular formula is C14H24O4. The zero-order valence-electron chi connectivity index (χ0n) is 11.2. The lowest BCUT2D eigenvalue weighted by molar-refractivity contribution is -0.165. The molecule has 0 spiro atoms. The zero-order valence-corrected chi connectivity index (χ0v) is 11.2. The van der Waals surface area contributed by atoms with Gasteiger partial charge < -0.3 is 14.2 Å². The highest BCUT2D eigenvalue weighted by Gasteiger charge is 2.13. The third-order valence-corrected chi connectivity index (χ3v) is 2.74. The summed E-state index contributed by atoms with van der Waals surface area (Å²) in [7, 11) is 0. The number of rotatable bonds is 8. The van der Waals surface area contributed by atoms with E-state index in [2.05, 4.69) is 0 Å². The highest BCUT2D eigenvalue weighted by atomic mass is 16.7. The van der Waals surface area contributed by atoms with Crippen LogP contribution in [0.15, 0.2) is 12.2 Å². The van der Waals surface area contributed by atoms with Crippen molar-refractivity contribution in [3.05, 3.63) is 12.2 Å². The predicted octanol–water partition coefficient (Wildman–Crippen LogP) is 2.82. The van der Waals surface area contributed by atoms with E-state index >= 15 is 0 Å². The van der Waals surface area contributed by atoms with Crippen LogP contribution < -0.4 is 0 Å². The third kappa shape index (κ3) is 7.45. The van der Waals surface area contributed by atoms with Gasteiger partial charge in [0.15, 0.2) is 6.29 Å². The first kappa shape index (κ1) is 15.2. The number of carbonyl (C=O) groups excluding carboxylic acids is 1. The van der Waals surface area contributed by atoms with Crippen LogP contribution in [-0.4, -0.2) is 32.1 Å². The Labute approximate surface area is 109 Å². The maximum absolute atomic E-state index is 11.3. The molecule has 1 unspecified atom stereocenters. The highest BCUT2D eigenvalue weighted by molar-refractivity contribution is 5.69. The normalized spacial score (nSPS) is 20.2. The Morgan fingerprint density at radius 3 is 3.00 bits per heavy atom. The lowest BCUT2D eigenvalue weighted by Crippen LogP contribution is -2.23. The standard InChI is InChI=1S/C14H24O4/c1-2-3-4-8-13(15)16-11-7-12-18-14-9-5-6-10-17-14/h2-3,14H,4-12H2,1H3. The second kappa shape index (κ2) is 10.1. The van der Waals surface area contributed by atoms with Crippen LogP contribution in [0.3, 0.4) is 0 Å². The Balaban J connectivity index is 1.89. The van der Waals surface area contributed by atoms with Crippen molar-refractivity contribution in [3.63, 3.8) is 0 Å². The van der Waals surface area contributed by atoms with Crippen molar-refractivity contribution in [3.8, 4) is 0 Å². The minimum atomic E-state index is -0.137. The van der Waals surface area contributed by atoms with Gasteiger partial charge in [-0.05, 0) is 32.6 Å². The molecule has 0 aromatic rings. The van der Waals surface area contributed by atoms with Gasteiger partial charge in [-0.3, -0.25) is 4.79 Å². The van der Waals surface area contributed by atoms with Gasteiger partial charge in [-0.1, -0.05) is 12.2 Å². The van der Waals surface area contributed by atoms with Gasteiger partial charge in [-0.25, -0.2) is 0 Å². The second-order valence-corrected chi connectivity index (χ2v) is 4.35. The molecule has 1 heterocycles. The van der Waals surface area contributed by atoms with E-state index in [-0.39, 0.29) is 12.3 Å². The fraction of sp³-hybridized carbons (Fsp3) is 0.786. The van der Waals surface area contributed by atoms with Gasteiger partial charge in [0.05, 0.1) is 13.2 Å². The van der Waals surface area contributed by atoms with E-state index in [0.29, 0.717) is 19.6 Å². The summed E-state index contributed by atoms with van der Waals surface area (Å²) in [5.41, 5.74) is 0. The molecule has 0 radical (unpaired) electrons. The molecule has 0 amide bonds. The quantitative estimate of drug-likeness (QED) is 0.380. The summed E-state index contributed by atoms with van der Waals surface area (Å²) in [6.45, 7) is 3.76.